The molecule has 14 heavy (non-hydrogen) atoms. The minimum absolute atomic E-state index is 0.0802. The molecule has 4 nitrogen and oxygen atoms in total. The van der Waals surface area contributed by atoms with Gasteiger partial charge in [0.05, 0.1) is 18.1 Å². The largest absolute Gasteiger partial charge is 0.323 e. The summed E-state index contributed by atoms with van der Waals surface area (Å²) in [5.41, 5.74) is 0.119. The van der Waals surface area contributed by atoms with E-state index in [1.165, 1.54) is 12.4 Å². The predicted octanol–water partition coefficient (Wildman–Crippen LogP) is 2.11. The van der Waals surface area contributed by atoms with E-state index in [4.69, 9.17) is 11.6 Å². The van der Waals surface area contributed by atoms with E-state index < -0.39 is 5.41 Å². The molecule has 0 atom stereocenters. The molecule has 0 unspecified atom stereocenters. The third kappa shape index (κ3) is 2.96. The summed E-state index contributed by atoms with van der Waals surface area (Å²) in [5.74, 6) is -0.0802. The van der Waals surface area contributed by atoms with Gasteiger partial charge < -0.3 is 5.32 Å². The fourth-order valence-electron chi connectivity index (χ4n) is 0.695. The van der Waals surface area contributed by atoms with Gasteiger partial charge >= 0.3 is 0 Å². The Hall–Kier alpha value is -1.16. The minimum Gasteiger partial charge on any atom is -0.323 e. The standard InChI is InChI=1S/C9H12ClN3O/c1-9(2,3)7(14)13-6-4-11-8(10)12-5-6/h4-5H,1-3H3,(H,13,14). The lowest BCUT2D eigenvalue weighted by atomic mass is 9.96. The first-order valence-electron chi connectivity index (χ1n) is 4.18. The number of amides is 1. The molecule has 1 N–H and O–H groups in total. The highest BCUT2D eigenvalue weighted by Gasteiger charge is 2.21. The number of nitrogens with one attached hydrogen (secondary N) is 1. The molecule has 5 heteroatoms. The van der Waals surface area contributed by atoms with Crippen molar-refractivity contribution in [1.29, 1.82) is 0 Å². The maximum absolute atomic E-state index is 11.5. The summed E-state index contributed by atoms with van der Waals surface area (Å²) in [6.45, 7) is 5.50. The van der Waals surface area contributed by atoms with Crippen LogP contribution in [0.15, 0.2) is 12.4 Å². The van der Waals surface area contributed by atoms with Gasteiger partial charge in [0.1, 0.15) is 0 Å². The van der Waals surface area contributed by atoms with E-state index >= 15 is 0 Å². The van der Waals surface area contributed by atoms with Crippen molar-refractivity contribution in [3.05, 3.63) is 17.7 Å². The van der Waals surface area contributed by atoms with Gasteiger partial charge in [0.15, 0.2) is 0 Å². The van der Waals surface area contributed by atoms with E-state index in [-0.39, 0.29) is 11.2 Å². The number of rotatable bonds is 1. The van der Waals surface area contributed by atoms with Gasteiger partial charge in [-0.05, 0) is 11.6 Å². The number of anilines is 1. The number of hydrogen-bond donors (Lipinski definition) is 1. The zero-order valence-corrected chi connectivity index (χ0v) is 9.09. The van der Waals surface area contributed by atoms with Gasteiger partial charge in [-0.2, -0.15) is 0 Å². The number of hydrogen-bond acceptors (Lipinski definition) is 3. The molecule has 1 amide bonds. The van der Waals surface area contributed by atoms with Gasteiger partial charge in [0, 0.05) is 5.41 Å². The second kappa shape index (κ2) is 3.92. The summed E-state index contributed by atoms with van der Waals surface area (Å²) in [6, 6.07) is 0. The SMILES string of the molecule is CC(C)(C)C(=O)Nc1cnc(Cl)nc1. The Kier molecular flexibility index (Phi) is 3.06. The average molecular weight is 214 g/mol. The molecule has 0 aromatic carbocycles. The fourth-order valence-corrected chi connectivity index (χ4v) is 0.793. The van der Waals surface area contributed by atoms with E-state index in [1.54, 1.807) is 0 Å². The van der Waals surface area contributed by atoms with Crippen LogP contribution in [0.3, 0.4) is 0 Å². The van der Waals surface area contributed by atoms with E-state index in [1.807, 2.05) is 20.8 Å². The lowest BCUT2D eigenvalue weighted by Crippen LogP contribution is -2.27. The Balaban J connectivity index is 2.71. The Morgan fingerprint density at radius 3 is 2.29 bits per heavy atom. The van der Waals surface area contributed by atoms with E-state index in [0.717, 1.165) is 0 Å². The summed E-state index contributed by atoms with van der Waals surface area (Å²) in [6.07, 6.45) is 2.94. The summed E-state index contributed by atoms with van der Waals surface area (Å²) in [5, 5.41) is 2.85. The summed E-state index contributed by atoms with van der Waals surface area (Å²) >= 11 is 5.50. The van der Waals surface area contributed by atoms with Crippen molar-refractivity contribution in [3.8, 4) is 0 Å². The molecule has 1 heterocycles. The highest BCUT2D eigenvalue weighted by Crippen LogP contribution is 2.16. The molecule has 0 saturated carbocycles. The van der Waals surface area contributed by atoms with Crippen molar-refractivity contribution >= 4 is 23.2 Å². The van der Waals surface area contributed by atoms with Crippen LogP contribution >= 0.6 is 11.6 Å². The third-order valence-electron chi connectivity index (χ3n) is 1.56. The number of aromatic nitrogens is 2. The third-order valence-corrected chi connectivity index (χ3v) is 1.75. The Labute approximate surface area is 87.7 Å². The van der Waals surface area contributed by atoms with Crippen molar-refractivity contribution in [1.82, 2.24) is 9.97 Å². The van der Waals surface area contributed by atoms with Crippen molar-refractivity contribution < 1.29 is 4.79 Å². The number of carbonyl (C=O) groups excluding carboxylic acids is 1. The number of halogens is 1. The molecule has 0 aliphatic heterocycles. The summed E-state index contributed by atoms with van der Waals surface area (Å²) in [7, 11) is 0. The summed E-state index contributed by atoms with van der Waals surface area (Å²) < 4.78 is 0. The van der Waals surface area contributed by atoms with Crippen LogP contribution in [0.2, 0.25) is 5.28 Å². The highest BCUT2D eigenvalue weighted by molar-refractivity contribution is 6.28. The van der Waals surface area contributed by atoms with Crippen molar-refractivity contribution in [2.75, 3.05) is 5.32 Å². The maximum Gasteiger partial charge on any atom is 0.229 e. The normalized spacial score (nSPS) is 11.1. The molecule has 0 fully saturated rings. The average Bonchev–Trinajstić information content (AvgIpc) is 2.07. The first kappa shape index (κ1) is 10.9. The molecule has 1 aromatic rings. The van der Waals surface area contributed by atoms with Gasteiger partial charge in [-0.3, -0.25) is 4.79 Å². The first-order valence-corrected chi connectivity index (χ1v) is 4.56. The zero-order chi connectivity index (χ0) is 10.8. The maximum atomic E-state index is 11.5. The second-order valence-electron chi connectivity index (χ2n) is 3.94. The van der Waals surface area contributed by atoms with E-state index in [2.05, 4.69) is 15.3 Å². The van der Waals surface area contributed by atoms with Gasteiger partial charge in [-0.1, -0.05) is 20.8 Å². The lowest BCUT2D eigenvalue weighted by molar-refractivity contribution is -0.123. The summed E-state index contributed by atoms with van der Waals surface area (Å²) in [4.78, 5) is 19.0. The van der Waals surface area contributed by atoms with Crippen molar-refractivity contribution in [3.63, 3.8) is 0 Å². The Morgan fingerprint density at radius 1 is 1.36 bits per heavy atom. The molecule has 0 spiro atoms. The van der Waals surface area contributed by atoms with Crippen molar-refractivity contribution in [2.45, 2.75) is 20.8 Å². The van der Waals surface area contributed by atoms with Gasteiger partial charge in [0.2, 0.25) is 11.2 Å². The molecule has 1 aromatic heterocycles. The molecule has 1 rings (SSSR count). The molecule has 76 valence electrons. The minimum atomic E-state index is -0.431. The van der Waals surface area contributed by atoms with Crippen LogP contribution in [0.4, 0.5) is 5.69 Å². The highest BCUT2D eigenvalue weighted by atomic mass is 35.5. The van der Waals surface area contributed by atoms with Gasteiger partial charge in [-0.25, -0.2) is 9.97 Å². The van der Waals surface area contributed by atoms with Crippen molar-refractivity contribution in [2.24, 2.45) is 5.41 Å². The second-order valence-corrected chi connectivity index (χ2v) is 4.28. The smallest absolute Gasteiger partial charge is 0.229 e. The quantitative estimate of drug-likeness (QED) is 0.727. The van der Waals surface area contributed by atoms with Crippen LogP contribution in [0, 0.1) is 5.41 Å². The topological polar surface area (TPSA) is 54.9 Å². The fraction of sp³-hybridized carbons (Fsp3) is 0.444. The van der Waals surface area contributed by atoms with E-state index in [9.17, 15) is 4.79 Å². The Morgan fingerprint density at radius 2 is 1.86 bits per heavy atom. The van der Waals surface area contributed by atoms with Crippen LogP contribution in [0.25, 0.3) is 0 Å². The molecular formula is C9H12ClN3O. The zero-order valence-electron chi connectivity index (χ0n) is 8.34. The molecule has 0 aliphatic rings. The Bertz CT molecular complexity index is 329. The first-order chi connectivity index (χ1) is 6.39. The van der Waals surface area contributed by atoms with Crippen LogP contribution in [0.1, 0.15) is 20.8 Å². The van der Waals surface area contributed by atoms with E-state index in [0.29, 0.717) is 5.69 Å². The molecule has 0 radical (unpaired) electrons. The van der Waals surface area contributed by atoms with Crippen LogP contribution in [-0.4, -0.2) is 15.9 Å². The van der Waals surface area contributed by atoms with Gasteiger partial charge in [-0.15, -0.1) is 0 Å². The number of nitrogens with zero attached hydrogens (tertiary/aromatic N) is 2. The van der Waals surface area contributed by atoms with Crippen LogP contribution in [-0.2, 0) is 4.79 Å². The molecule has 0 saturated heterocycles. The monoisotopic (exact) mass is 213 g/mol. The van der Waals surface area contributed by atoms with Gasteiger partial charge in [0.25, 0.3) is 0 Å². The molecular weight excluding hydrogens is 202 g/mol. The number of carbonyl (C=O) groups is 1. The molecule has 0 bridgehead atoms. The predicted molar refractivity (Wildman–Crippen MR) is 55.1 cm³/mol. The van der Waals surface area contributed by atoms with Crippen LogP contribution in [0.5, 0.6) is 0 Å². The molecule has 0 aliphatic carbocycles. The lowest BCUT2D eigenvalue weighted by Gasteiger charge is -2.17. The van der Waals surface area contributed by atoms with Crippen LogP contribution < -0.4 is 5.32 Å².